The van der Waals surface area contributed by atoms with Crippen molar-refractivity contribution in [3.8, 4) is 11.4 Å². The Morgan fingerprint density at radius 2 is 1.96 bits per heavy atom. The van der Waals surface area contributed by atoms with Crippen molar-refractivity contribution in [1.29, 1.82) is 0 Å². The zero-order chi connectivity index (χ0) is 18.0. The Kier molecular flexibility index (Phi) is 5.13. The van der Waals surface area contributed by atoms with Crippen molar-refractivity contribution in [2.24, 2.45) is 5.92 Å². The van der Waals surface area contributed by atoms with E-state index in [1.165, 1.54) is 6.07 Å². The predicted molar refractivity (Wildman–Crippen MR) is 88.0 cm³/mol. The van der Waals surface area contributed by atoms with Crippen molar-refractivity contribution < 1.29 is 17.7 Å². The van der Waals surface area contributed by atoms with Gasteiger partial charge in [-0.3, -0.25) is 0 Å². The van der Waals surface area contributed by atoms with Crippen LogP contribution in [0.3, 0.4) is 0 Å². The first-order chi connectivity index (χ1) is 11.8. The van der Waals surface area contributed by atoms with Crippen LogP contribution in [-0.2, 0) is 6.18 Å². The van der Waals surface area contributed by atoms with Gasteiger partial charge in [-0.25, -0.2) is 0 Å². The van der Waals surface area contributed by atoms with E-state index in [1.807, 2.05) is 0 Å². The number of hydrogen-bond acceptors (Lipinski definition) is 4. The molecule has 4 nitrogen and oxygen atoms in total. The van der Waals surface area contributed by atoms with E-state index in [4.69, 9.17) is 4.52 Å². The van der Waals surface area contributed by atoms with Gasteiger partial charge in [0.15, 0.2) is 0 Å². The minimum Gasteiger partial charge on any atom is -0.339 e. The van der Waals surface area contributed by atoms with E-state index in [9.17, 15) is 13.2 Å². The first-order valence-electron chi connectivity index (χ1n) is 8.56. The van der Waals surface area contributed by atoms with E-state index >= 15 is 0 Å². The molecule has 2 heterocycles. The number of likely N-dealkylation sites (tertiary alicyclic amines) is 1. The zero-order valence-corrected chi connectivity index (χ0v) is 14.4. The zero-order valence-electron chi connectivity index (χ0n) is 14.4. The average Bonchev–Trinajstić information content (AvgIpc) is 3.04. The lowest BCUT2D eigenvalue weighted by atomic mass is 9.96. The molecule has 0 atom stereocenters. The van der Waals surface area contributed by atoms with Gasteiger partial charge in [-0.2, -0.15) is 18.2 Å². The fourth-order valence-corrected chi connectivity index (χ4v) is 3.23. The van der Waals surface area contributed by atoms with Crippen LogP contribution in [-0.4, -0.2) is 34.7 Å². The van der Waals surface area contributed by atoms with Crippen LogP contribution in [0.25, 0.3) is 11.4 Å². The summed E-state index contributed by atoms with van der Waals surface area (Å²) in [4.78, 5) is 6.77. The van der Waals surface area contributed by atoms with E-state index in [2.05, 4.69) is 28.9 Å². The molecule has 1 aliphatic rings. The highest BCUT2D eigenvalue weighted by molar-refractivity contribution is 5.55. The van der Waals surface area contributed by atoms with E-state index < -0.39 is 11.7 Å². The monoisotopic (exact) mass is 353 g/mol. The quantitative estimate of drug-likeness (QED) is 0.806. The third-order valence-corrected chi connectivity index (χ3v) is 4.45. The number of hydrogen-bond donors (Lipinski definition) is 0. The van der Waals surface area contributed by atoms with Crippen molar-refractivity contribution in [3.63, 3.8) is 0 Å². The van der Waals surface area contributed by atoms with Crippen LogP contribution in [0.15, 0.2) is 28.8 Å². The maximum Gasteiger partial charge on any atom is 0.416 e. The predicted octanol–water partition coefficient (Wildman–Crippen LogP) is 4.59. The first-order valence-corrected chi connectivity index (χ1v) is 8.56. The summed E-state index contributed by atoms with van der Waals surface area (Å²) in [5, 5.41) is 3.89. The van der Waals surface area contributed by atoms with Crippen LogP contribution in [0.4, 0.5) is 13.2 Å². The molecule has 1 aromatic heterocycles. The lowest BCUT2D eigenvalue weighted by Crippen LogP contribution is -2.35. The molecular formula is C18H22F3N3O. The lowest BCUT2D eigenvalue weighted by molar-refractivity contribution is -0.137. The van der Waals surface area contributed by atoms with Gasteiger partial charge in [0.05, 0.1) is 5.56 Å². The number of benzene rings is 1. The van der Waals surface area contributed by atoms with E-state index in [0.29, 0.717) is 17.4 Å². The largest absolute Gasteiger partial charge is 0.416 e. The normalized spacial score (nSPS) is 17.4. The molecule has 0 bridgehead atoms. The molecule has 1 aromatic carbocycles. The highest BCUT2D eigenvalue weighted by Gasteiger charge is 2.31. The van der Waals surface area contributed by atoms with Crippen LogP contribution < -0.4 is 0 Å². The summed E-state index contributed by atoms with van der Waals surface area (Å²) in [5.41, 5.74) is -0.389. The highest BCUT2D eigenvalue weighted by atomic mass is 19.4. The number of piperidine rings is 1. The summed E-state index contributed by atoms with van der Waals surface area (Å²) in [6, 6.07) is 5.02. The van der Waals surface area contributed by atoms with Crippen molar-refractivity contribution in [2.45, 2.75) is 38.8 Å². The van der Waals surface area contributed by atoms with Crippen LogP contribution in [0.5, 0.6) is 0 Å². The molecule has 0 spiro atoms. The fraction of sp³-hybridized carbons (Fsp3) is 0.556. The average molecular weight is 353 g/mol. The second-order valence-electron chi connectivity index (χ2n) is 7.00. The summed E-state index contributed by atoms with van der Waals surface area (Å²) in [7, 11) is 0. The Bertz CT molecular complexity index is 704. The van der Waals surface area contributed by atoms with Gasteiger partial charge >= 0.3 is 6.18 Å². The van der Waals surface area contributed by atoms with Crippen LogP contribution in [0.1, 0.15) is 44.1 Å². The Morgan fingerprint density at radius 3 is 2.60 bits per heavy atom. The Balaban J connectivity index is 1.69. The van der Waals surface area contributed by atoms with Crippen molar-refractivity contribution >= 4 is 0 Å². The van der Waals surface area contributed by atoms with Gasteiger partial charge in [0.2, 0.25) is 11.7 Å². The maximum absolute atomic E-state index is 12.8. The topological polar surface area (TPSA) is 42.2 Å². The molecule has 0 radical (unpaired) electrons. The van der Waals surface area contributed by atoms with Gasteiger partial charge < -0.3 is 9.42 Å². The molecular weight excluding hydrogens is 331 g/mol. The molecule has 0 N–H and O–H groups in total. The molecule has 1 saturated heterocycles. The van der Waals surface area contributed by atoms with Gasteiger partial charge in [-0.1, -0.05) is 31.1 Å². The Labute approximate surface area is 145 Å². The number of halogens is 3. The summed E-state index contributed by atoms with van der Waals surface area (Å²) in [5.74, 6) is 1.55. The summed E-state index contributed by atoms with van der Waals surface area (Å²) >= 11 is 0. The number of alkyl halides is 3. The van der Waals surface area contributed by atoms with Crippen LogP contribution in [0, 0.1) is 5.92 Å². The minimum atomic E-state index is -4.38. The maximum atomic E-state index is 12.8. The number of nitrogens with zero attached hydrogens (tertiary/aromatic N) is 3. The third kappa shape index (κ3) is 4.39. The molecule has 0 aliphatic carbocycles. The molecule has 136 valence electrons. The van der Waals surface area contributed by atoms with E-state index in [-0.39, 0.29) is 11.7 Å². The van der Waals surface area contributed by atoms with Crippen molar-refractivity contribution in [2.75, 3.05) is 19.6 Å². The van der Waals surface area contributed by atoms with Gasteiger partial charge in [0.25, 0.3) is 0 Å². The van der Waals surface area contributed by atoms with Crippen molar-refractivity contribution in [3.05, 3.63) is 35.7 Å². The molecule has 3 rings (SSSR count). The lowest BCUT2D eigenvalue weighted by Gasteiger charge is -2.31. The number of rotatable bonds is 4. The molecule has 1 aliphatic heterocycles. The summed E-state index contributed by atoms with van der Waals surface area (Å²) in [6.07, 6.45) is -2.53. The van der Waals surface area contributed by atoms with Crippen LogP contribution >= 0.6 is 0 Å². The van der Waals surface area contributed by atoms with Gasteiger partial charge in [-0.15, -0.1) is 0 Å². The number of aromatic nitrogens is 2. The third-order valence-electron chi connectivity index (χ3n) is 4.45. The molecule has 0 saturated carbocycles. The van der Waals surface area contributed by atoms with E-state index in [1.54, 1.807) is 6.07 Å². The molecule has 0 unspecified atom stereocenters. The standard InChI is InChI=1S/C18H22F3N3O/c1-12(2)11-24-8-6-13(7-9-24)17-22-16(23-25-17)14-4-3-5-15(10-14)18(19,20)21/h3-5,10,12-13H,6-9,11H2,1-2H3. The summed E-state index contributed by atoms with van der Waals surface area (Å²) in [6.45, 7) is 7.43. The van der Waals surface area contributed by atoms with Gasteiger partial charge in [-0.05, 0) is 44.0 Å². The molecule has 1 fully saturated rings. The fourth-order valence-electron chi connectivity index (χ4n) is 3.23. The SMILES string of the molecule is CC(C)CN1CCC(c2nc(-c3cccc(C(F)(F)F)c3)no2)CC1. The van der Waals surface area contributed by atoms with Crippen molar-refractivity contribution in [1.82, 2.24) is 15.0 Å². The summed E-state index contributed by atoms with van der Waals surface area (Å²) < 4.78 is 43.9. The second-order valence-corrected chi connectivity index (χ2v) is 7.00. The Morgan fingerprint density at radius 1 is 1.24 bits per heavy atom. The molecule has 25 heavy (non-hydrogen) atoms. The molecule has 7 heteroatoms. The van der Waals surface area contributed by atoms with E-state index in [0.717, 1.165) is 44.6 Å². The van der Waals surface area contributed by atoms with Gasteiger partial charge in [0.1, 0.15) is 0 Å². The van der Waals surface area contributed by atoms with Gasteiger partial charge in [0, 0.05) is 18.0 Å². The second kappa shape index (κ2) is 7.15. The minimum absolute atomic E-state index is 0.176. The van der Waals surface area contributed by atoms with Crippen LogP contribution in [0.2, 0.25) is 0 Å². The highest BCUT2D eigenvalue weighted by Crippen LogP contribution is 2.33. The molecule has 2 aromatic rings. The Hall–Kier alpha value is -1.89. The molecule has 0 amide bonds. The first kappa shape index (κ1) is 17.9. The smallest absolute Gasteiger partial charge is 0.339 e.